The van der Waals surface area contributed by atoms with Crippen molar-refractivity contribution in [3.05, 3.63) is 29.8 Å². The van der Waals surface area contributed by atoms with E-state index in [2.05, 4.69) is 4.72 Å². The molecule has 1 saturated carbocycles. The molecule has 0 bridgehead atoms. The third-order valence-electron chi connectivity index (χ3n) is 3.92. The average Bonchev–Trinajstić information content (AvgIpc) is 2.46. The maximum Gasteiger partial charge on any atom is 0.235 e. The predicted octanol–water partition coefficient (Wildman–Crippen LogP) is 3.59. The van der Waals surface area contributed by atoms with Gasteiger partial charge in [-0.1, -0.05) is 44.7 Å². The highest BCUT2D eigenvalue weighted by Crippen LogP contribution is 2.27. The van der Waals surface area contributed by atoms with Crippen molar-refractivity contribution in [2.45, 2.75) is 63.2 Å². The van der Waals surface area contributed by atoms with Gasteiger partial charge in [-0.05, 0) is 37.0 Å². The molecule has 2 N–H and O–H groups in total. The van der Waals surface area contributed by atoms with Crippen LogP contribution in [0.4, 0.5) is 5.69 Å². The summed E-state index contributed by atoms with van der Waals surface area (Å²) in [5, 5.41) is 9.76. The van der Waals surface area contributed by atoms with Crippen molar-refractivity contribution >= 4 is 15.7 Å². The minimum atomic E-state index is -3.42. The Balaban J connectivity index is 2.10. The van der Waals surface area contributed by atoms with Crippen LogP contribution in [0, 0.1) is 0 Å². The summed E-state index contributed by atoms with van der Waals surface area (Å²) in [7, 11) is -3.42. The fraction of sp³-hybridized carbons (Fsp3) is 0.625. The van der Waals surface area contributed by atoms with Gasteiger partial charge in [-0.3, -0.25) is 4.72 Å². The highest BCUT2D eigenvalue weighted by Gasteiger charge is 2.27. The van der Waals surface area contributed by atoms with E-state index in [9.17, 15) is 13.5 Å². The minimum Gasteiger partial charge on any atom is -0.388 e. The van der Waals surface area contributed by atoms with E-state index in [0.29, 0.717) is 24.1 Å². The highest BCUT2D eigenvalue weighted by atomic mass is 32.2. The second-order valence-corrected chi connectivity index (χ2v) is 7.57. The molecule has 1 fully saturated rings. The molecular weight excluding hydrogens is 286 g/mol. The van der Waals surface area contributed by atoms with Gasteiger partial charge in [0.2, 0.25) is 10.0 Å². The molecule has 1 aromatic carbocycles. The Hall–Kier alpha value is -1.07. The van der Waals surface area contributed by atoms with Gasteiger partial charge in [-0.15, -0.1) is 0 Å². The molecule has 1 atom stereocenters. The summed E-state index contributed by atoms with van der Waals surface area (Å²) in [5.41, 5.74) is 0.934. The number of hydrogen-bond acceptors (Lipinski definition) is 3. The van der Waals surface area contributed by atoms with Crippen molar-refractivity contribution in [1.29, 1.82) is 0 Å². The van der Waals surface area contributed by atoms with Gasteiger partial charge in [0.1, 0.15) is 0 Å². The molecule has 0 heterocycles. The molecule has 1 unspecified atom stereocenters. The molecule has 0 aliphatic heterocycles. The lowest BCUT2D eigenvalue weighted by atomic mass is 10.0. The summed E-state index contributed by atoms with van der Waals surface area (Å²) in [4.78, 5) is 0. The van der Waals surface area contributed by atoms with Crippen molar-refractivity contribution in [2.75, 3.05) is 4.72 Å². The minimum absolute atomic E-state index is 0.0359. The molecule has 118 valence electrons. The van der Waals surface area contributed by atoms with Crippen LogP contribution < -0.4 is 4.72 Å². The third kappa shape index (κ3) is 4.45. The summed E-state index contributed by atoms with van der Waals surface area (Å²) in [6.07, 6.45) is 1.86. The molecule has 0 aromatic heterocycles. The Morgan fingerprint density at radius 3 is 2.76 bits per heavy atom. The first-order valence-electron chi connectivity index (χ1n) is 8.47. The smallest absolute Gasteiger partial charge is 0.235 e. The molecule has 0 amide bonds. The van der Waals surface area contributed by atoms with Crippen LogP contribution in [0.1, 0.15) is 66.2 Å². The monoisotopic (exact) mass is 313 g/mol. The average molecular weight is 313 g/mol. The highest BCUT2D eigenvalue weighted by molar-refractivity contribution is 7.93. The number of benzene rings is 1. The van der Waals surface area contributed by atoms with Crippen LogP contribution >= 0.6 is 0 Å². The van der Waals surface area contributed by atoms with E-state index >= 15 is 0 Å². The van der Waals surface area contributed by atoms with Crippen molar-refractivity contribution in [3.63, 3.8) is 0 Å². The summed E-state index contributed by atoms with van der Waals surface area (Å²) < 4.78 is 42.6. The number of rotatable bonds is 6. The van der Waals surface area contributed by atoms with Gasteiger partial charge in [-0.25, -0.2) is 8.42 Å². The van der Waals surface area contributed by atoms with Crippen LogP contribution in [0.5, 0.6) is 0 Å². The number of hydrogen-bond donors (Lipinski definition) is 2. The van der Waals surface area contributed by atoms with E-state index in [1.54, 1.807) is 24.3 Å². The Labute approximate surface area is 130 Å². The molecule has 0 spiro atoms. The Kier molecular flexibility index (Phi) is 4.70. The van der Waals surface area contributed by atoms with E-state index in [-0.39, 0.29) is 11.7 Å². The Bertz CT molecular complexity index is 622. The van der Waals surface area contributed by atoms with E-state index in [0.717, 1.165) is 19.3 Å². The molecule has 1 aromatic rings. The van der Waals surface area contributed by atoms with Crippen LogP contribution in [0.25, 0.3) is 0 Å². The van der Waals surface area contributed by atoms with Gasteiger partial charge in [0.25, 0.3) is 0 Å². The Morgan fingerprint density at radius 1 is 1.38 bits per heavy atom. The number of aliphatic hydroxyl groups is 1. The van der Waals surface area contributed by atoms with E-state index in [1.807, 2.05) is 0 Å². The summed E-state index contributed by atoms with van der Waals surface area (Å²) >= 11 is 0. The first-order valence-corrected chi connectivity index (χ1v) is 9.02. The van der Waals surface area contributed by atoms with Crippen LogP contribution in [-0.2, 0) is 10.0 Å². The zero-order valence-corrected chi connectivity index (χ0v) is 13.2. The van der Waals surface area contributed by atoms with Gasteiger partial charge < -0.3 is 5.11 Å². The fourth-order valence-corrected chi connectivity index (χ4v) is 4.32. The largest absolute Gasteiger partial charge is 0.388 e. The molecule has 2 rings (SSSR count). The van der Waals surface area contributed by atoms with E-state index in [4.69, 9.17) is 2.74 Å². The van der Waals surface area contributed by atoms with Gasteiger partial charge in [-0.2, -0.15) is 0 Å². The summed E-state index contributed by atoms with van der Waals surface area (Å²) in [6.45, 7) is 1.41. The quantitative estimate of drug-likeness (QED) is 0.843. The van der Waals surface area contributed by atoms with Crippen molar-refractivity contribution < 1.29 is 16.3 Å². The van der Waals surface area contributed by atoms with Crippen LogP contribution in [0.15, 0.2) is 24.3 Å². The van der Waals surface area contributed by atoms with Crippen molar-refractivity contribution in [2.24, 2.45) is 0 Å². The van der Waals surface area contributed by atoms with Crippen LogP contribution in [0.3, 0.4) is 0 Å². The molecule has 4 nitrogen and oxygen atoms in total. The van der Waals surface area contributed by atoms with Gasteiger partial charge in [0, 0.05) is 8.43 Å². The number of sulfonamides is 1. The summed E-state index contributed by atoms with van der Waals surface area (Å²) in [5.74, 6) is 0. The number of nitrogens with one attached hydrogen (secondary N) is 1. The molecule has 5 heteroatoms. The van der Waals surface area contributed by atoms with Crippen LogP contribution in [0.2, 0.25) is 0 Å². The SMILES string of the molecule is [2H]C([2H])(C)CC(O)c1cccc(NS(=O)(=O)C2CCCCC2)c1. The molecule has 0 radical (unpaired) electrons. The lowest BCUT2D eigenvalue weighted by molar-refractivity contribution is 0.166. The maximum atomic E-state index is 12.4. The van der Waals surface area contributed by atoms with Gasteiger partial charge in [0.05, 0.1) is 11.4 Å². The number of aliphatic hydroxyl groups excluding tert-OH is 1. The fourth-order valence-electron chi connectivity index (χ4n) is 2.74. The van der Waals surface area contributed by atoms with Crippen molar-refractivity contribution in [1.82, 2.24) is 0 Å². The maximum absolute atomic E-state index is 12.4. The van der Waals surface area contributed by atoms with E-state index < -0.39 is 22.5 Å². The molecule has 1 aliphatic carbocycles. The zero-order valence-electron chi connectivity index (χ0n) is 14.4. The molecular formula is C16H25NO3S. The molecule has 21 heavy (non-hydrogen) atoms. The second kappa shape index (κ2) is 7.27. The zero-order chi connectivity index (χ0) is 17.1. The van der Waals surface area contributed by atoms with Gasteiger partial charge in [0.15, 0.2) is 0 Å². The Morgan fingerprint density at radius 2 is 2.10 bits per heavy atom. The topological polar surface area (TPSA) is 66.4 Å². The summed E-state index contributed by atoms with van der Waals surface area (Å²) in [6, 6.07) is 6.57. The van der Waals surface area contributed by atoms with Gasteiger partial charge >= 0.3 is 0 Å². The molecule has 1 aliphatic rings. The first-order chi connectivity index (χ1) is 10.7. The van der Waals surface area contributed by atoms with Crippen LogP contribution in [-0.4, -0.2) is 18.8 Å². The predicted molar refractivity (Wildman–Crippen MR) is 85.7 cm³/mol. The third-order valence-corrected chi connectivity index (χ3v) is 5.79. The standard InChI is InChI=1S/C16H25NO3S/c1-2-7-16(18)13-8-6-9-14(12-13)17-21(19,20)15-10-4-3-5-11-15/h6,8-9,12,15-18H,2-5,7,10-11H2,1H3/i2D2. The second-order valence-electron chi connectivity index (χ2n) is 5.61. The molecule has 0 saturated heterocycles. The first kappa shape index (κ1) is 13.6. The number of anilines is 1. The van der Waals surface area contributed by atoms with E-state index in [1.165, 1.54) is 6.92 Å². The normalized spacial score (nSPS) is 20.5. The lowest BCUT2D eigenvalue weighted by Crippen LogP contribution is -2.29. The lowest BCUT2D eigenvalue weighted by Gasteiger charge is -2.22. The van der Waals surface area contributed by atoms with Crippen molar-refractivity contribution in [3.8, 4) is 0 Å².